The number of hydrogen-bond acceptors (Lipinski definition) is 3. The maximum absolute atomic E-state index is 11.9. The summed E-state index contributed by atoms with van der Waals surface area (Å²) in [6, 6.07) is -1.64. The lowest BCUT2D eigenvalue weighted by Crippen LogP contribution is -2.51. The summed E-state index contributed by atoms with van der Waals surface area (Å²) in [5.41, 5.74) is 0. The highest BCUT2D eigenvalue weighted by atomic mass is 16.4. The highest BCUT2D eigenvalue weighted by Gasteiger charge is 2.27. The van der Waals surface area contributed by atoms with Crippen molar-refractivity contribution >= 4 is 18.0 Å². The lowest BCUT2D eigenvalue weighted by Gasteiger charge is -2.31. The van der Waals surface area contributed by atoms with Crippen LogP contribution in [0.15, 0.2) is 0 Å². The van der Waals surface area contributed by atoms with Gasteiger partial charge < -0.3 is 20.8 Å². The maximum atomic E-state index is 11.9. The summed E-state index contributed by atoms with van der Waals surface area (Å²) in [6.45, 7) is 2.08. The molecule has 1 aliphatic rings. The van der Waals surface area contributed by atoms with Crippen LogP contribution in [0.5, 0.6) is 0 Å². The Morgan fingerprint density at radius 3 is 2.43 bits per heavy atom. The molecule has 2 amide bonds. The zero-order valence-corrected chi connectivity index (χ0v) is 12.3. The summed E-state index contributed by atoms with van der Waals surface area (Å²) in [5.74, 6) is -1.88. The second kappa shape index (κ2) is 8.49. The summed E-state index contributed by atoms with van der Waals surface area (Å²) in [5, 5.41) is 22.8. The SMILES string of the molecule is CCC1CCCCC1NC(=O)N[C@@H](CCC(=O)O)C(=O)O. The summed E-state index contributed by atoms with van der Waals surface area (Å²) in [7, 11) is 0. The van der Waals surface area contributed by atoms with E-state index in [0.29, 0.717) is 5.92 Å². The van der Waals surface area contributed by atoms with Crippen LogP contribution in [0, 0.1) is 5.92 Å². The number of carbonyl (C=O) groups is 3. The monoisotopic (exact) mass is 300 g/mol. The molecule has 120 valence electrons. The van der Waals surface area contributed by atoms with E-state index >= 15 is 0 Å². The molecule has 1 aliphatic carbocycles. The van der Waals surface area contributed by atoms with Crippen LogP contribution < -0.4 is 10.6 Å². The number of carbonyl (C=O) groups excluding carboxylic acids is 1. The van der Waals surface area contributed by atoms with Gasteiger partial charge in [-0.15, -0.1) is 0 Å². The molecule has 0 aliphatic heterocycles. The molecule has 7 heteroatoms. The Morgan fingerprint density at radius 1 is 1.19 bits per heavy atom. The second-order valence-electron chi connectivity index (χ2n) is 5.50. The summed E-state index contributed by atoms with van der Waals surface area (Å²) in [6.07, 6.45) is 4.75. The van der Waals surface area contributed by atoms with Gasteiger partial charge in [0.05, 0.1) is 0 Å². The summed E-state index contributed by atoms with van der Waals surface area (Å²) >= 11 is 0. The normalized spacial score (nSPS) is 23.1. The fourth-order valence-electron chi connectivity index (χ4n) is 2.78. The molecule has 7 nitrogen and oxygen atoms in total. The number of rotatable bonds is 7. The highest BCUT2D eigenvalue weighted by molar-refractivity contribution is 5.83. The number of carboxylic acids is 2. The third kappa shape index (κ3) is 6.01. The molecule has 1 rings (SSSR count). The fourth-order valence-corrected chi connectivity index (χ4v) is 2.78. The van der Waals surface area contributed by atoms with Gasteiger partial charge in [-0.3, -0.25) is 4.79 Å². The third-order valence-corrected chi connectivity index (χ3v) is 4.00. The fraction of sp³-hybridized carbons (Fsp3) is 0.786. The molecule has 0 aromatic heterocycles. The van der Waals surface area contributed by atoms with Crippen molar-refractivity contribution in [2.24, 2.45) is 5.92 Å². The van der Waals surface area contributed by atoms with Crippen molar-refractivity contribution in [2.75, 3.05) is 0 Å². The van der Waals surface area contributed by atoms with E-state index in [1.807, 2.05) is 0 Å². The molecule has 0 spiro atoms. The van der Waals surface area contributed by atoms with Crippen LogP contribution in [-0.4, -0.2) is 40.3 Å². The Labute approximate surface area is 124 Å². The van der Waals surface area contributed by atoms with Gasteiger partial charge >= 0.3 is 18.0 Å². The first kappa shape index (κ1) is 17.3. The van der Waals surface area contributed by atoms with E-state index in [9.17, 15) is 14.4 Å². The predicted octanol–water partition coefficient (Wildman–Crippen LogP) is 1.57. The quantitative estimate of drug-likeness (QED) is 0.569. The molecule has 1 fully saturated rings. The van der Waals surface area contributed by atoms with Crippen molar-refractivity contribution in [3.05, 3.63) is 0 Å². The summed E-state index contributed by atoms with van der Waals surface area (Å²) < 4.78 is 0. The van der Waals surface area contributed by atoms with Crippen LogP contribution in [0.2, 0.25) is 0 Å². The average Bonchev–Trinajstić information content (AvgIpc) is 2.43. The number of nitrogens with one attached hydrogen (secondary N) is 2. The van der Waals surface area contributed by atoms with E-state index in [-0.39, 0.29) is 18.9 Å². The number of amides is 2. The van der Waals surface area contributed by atoms with E-state index in [1.165, 1.54) is 0 Å². The van der Waals surface area contributed by atoms with E-state index in [0.717, 1.165) is 32.1 Å². The predicted molar refractivity (Wildman–Crippen MR) is 76.0 cm³/mol. The van der Waals surface area contributed by atoms with Crippen LogP contribution in [-0.2, 0) is 9.59 Å². The second-order valence-corrected chi connectivity index (χ2v) is 5.50. The van der Waals surface area contributed by atoms with Crippen LogP contribution >= 0.6 is 0 Å². The van der Waals surface area contributed by atoms with Crippen LogP contribution in [0.4, 0.5) is 4.79 Å². The molecular weight excluding hydrogens is 276 g/mol. The molecule has 0 saturated heterocycles. The van der Waals surface area contributed by atoms with Crippen LogP contribution in [0.1, 0.15) is 51.9 Å². The minimum absolute atomic E-state index is 0.0673. The Kier molecular flexibility index (Phi) is 6.98. The molecule has 0 heterocycles. The maximum Gasteiger partial charge on any atom is 0.326 e. The standard InChI is InChI=1S/C14H24N2O5/c1-2-9-5-3-4-6-10(9)15-14(21)16-11(13(19)20)7-8-12(17)18/h9-11H,2-8H2,1H3,(H,17,18)(H,19,20)(H2,15,16,21)/t9?,10?,11-/m0/s1. The van der Waals surface area contributed by atoms with Gasteiger partial charge in [0.15, 0.2) is 0 Å². The molecule has 4 N–H and O–H groups in total. The molecule has 0 radical (unpaired) electrons. The molecule has 0 bridgehead atoms. The number of carboxylic acid groups (broad SMARTS) is 2. The Morgan fingerprint density at radius 2 is 1.86 bits per heavy atom. The largest absolute Gasteiger partial charge is 0.481 e. The molecular formula is C14H24N2O5. The van der Waals surface area contributed by atoms with Crippen molar-refractivity contribution in [1.29, 1.82) is 0 Å². The van der Waals surface area contributed by atoms with Crippen LogP contribution in [0.3, 0.4) is 0 Å². The van der Waals surface area contributed by atoms with E-state index in [1.54, 1.807) is 0 Å². The number of urea groups is 1. The molecule has 0 aromatic rings. The van der Waals surface area contributed by atoms with Crippen molar-refractivity contribution < 1.29 is 24.6 Å². The van der Waals surface area contributed by atoms with Gasteiger partial charge in [-0.1, -0.05) is 26.2 Å². The third-order valence-electron chi connectivity index (χ3n) is 4.00. The van der Waals surface area contributed by atoms with E-state index < -0.39 is 24.0 Å². The molecule has 2 unspecified atom stereocenters. The first-order chi connectivity index (χ1) is 9.93. The van der Waals surface area contributed by atoms with Crippen molar-refractivity contribution in [1.82, 2.24) is 10.6 Å². The van der Waals surface area contributed by atoms with Crippen molar-refractivity contribution in [3.63, 3.8) is 0 Å². The van der Waals surface area contributed by atoms with Gasteiger partial charge in [-0.2, -0.15) is 0 Å². The van der Waals surface area contributed by atoms with Gasteiger partial charge in [0, 0.05) is 12.5 Å². The number of hydrogen-bond donors (Lipinski definition) is 4. The van der Waals surface area contributed by atoms with Gasteiger partial charge in [0.1, 0.15) is 6.04 Å². The number of aliphatic carboxylic acids is 2. The zero-order chi connectivity index (χ0) is 15.8. The minimum atomic E-state index is -1.22. The topological polar surface area (TPSA) is 116 Å². The first-order valence-corrected chi connectivity index (χ1v) is 7.45. The molecule has 3 atom stereocenters. The Bertz CT molecular complexity index is 386. The molecule has 21 heavy (non-hydrogen) atoms. The lowest BCUT2D eigenvalue weighted by molar-refractivity contribution is -0.140. The van der Waals surface area contributed by atoms with Gasteiger partial charge in [-0.25, -0.2) is 9.59 Å². The van der Waals surface area contributed by atoms with Gasteiger partial charge in [0.2, 0.25) is 0 Å². The van der Waals surface area contributed by atoms with Gasteiger partial charge in [0.25, 0.3) is 0 Å². The summed E-state index contributed by atoms with van der Waals surface area (Å²) in [4.78, 5) is 33.4. The first-order valence-electron chi connectivity index (χ1n) is 7.45. The minimum Gasteiger partial charge on any atom is -0.481 e. The Hall–Kier alpha value is -1.79. The molecule has 0 aromatic carbocycles. The van der Waals surface area contributed by atoms with Gasteiger partial charge in [-0.05, 0) is 25.2 Å². The lowest BCUT2D eigenvalue weighted by atomic mass is 9.83. The van der Waals surface area contributed by atoms with Crippen LogP contribution in [0.25, 0.3) is 0 Å². The smallest absolute Gasteiger partial charge is 0.326 e. The molecule has 1 saturated carbocycles. The highest BCUT2D eigenvalue weighted by Crippen LogP contribution is 2.26. The average molecular weight is 300 g/mol. The Balaban J connectivity index is 2.48. The zero-order valence-electron chi connectivity index (χ0n) is 12.3. The van der Waals surface area contributed by atoms with Crippen molar-refractivity contribution in [2.45, 2.75) is 64.0 Å². The van der Waals surface area contributed by atoms with E-state index in [4.69, 9.17) is 10.2 Å². The van der Waals surface area contributed by atoms with Crippen molar-refractivity contribution in [3.8, 4) is 0 Å². The van der Waals surface area contributed by atoms with E-state index in [2.05, 4.69) is 17.6 Å².